The molecule has 2 unspecified atom stereocenters. The highest BCUT2D eigenvalue weighted by molar-refractivity contribution is 8.09. The van der Waals surface area contributed by atoms with Gasteiger partial charge in [0.2, 0.25) is 5.95 Å². The van der Waals surface area contributed by atoms with E-state index in [0.717, 1.165) is 15.7 Å². The van der Waals surface area contributed by atoms with Gasteiger partial charge in [-0.1, -0.05) is 10.4 Å². The molecule has 2 aliphatic heterocycles. The Balaban J connectivity index is 1.29. The Morgan fingerprint density at radius 3 is 2.49 bits per heavy atom. The number of ether oxygens (including phenoxy) is 2. The lowest BCUT2D eigenvalue weighted by Gasteiger charge is -2.29. The van der Waals surface area contributed by atoms with Crippen LogP contribution in [0.1, 0.15) is 18.9 Å². The van der Waals surface area contributed by atoms with E-state index < -0.39 is 82.3 Å². The Hall–Kier alpha value is -3.18. The minimum Gasteiger partial charge on any atom is -0.396 e. The Kier molecular flexibility index (Phi) is 8.62. The third kappa shape index (κ3) is 5.71. The lowest BCUT2D eigenvalue weighted by atomic mass is 10.1. The molecule has 0 amide bonds. The molecule has 21 nitrogen and oxygen atoms in total. The number of H-pyrrole nitrogens is 1. The van der Waals surface area contributed by atoms with Crippen molar-refractivity contribution in [3.63, 3.8) is 0 Å². The van der Waals surface area contributed by atoms with Crippen molar-refractivity contribution < 1.29 is 46.8 Å². The molecule has 244 valence electrons. The van der Waals surface area contributed by atoms with E-state index in [1.54, 1.807) is 0 Å². The Labute approximate surface area is 254 Å². The summed E-state index contributed by atoms with van der Waals surface area (Å²) in [5.41, 5.74) is 8.49. The molecule has 10 atom stereocenters. The van der Waals surface area contributed by atoms with Crippen LogP contribution in [0.15, 0.2) is 11.1 Å². The maximum Gasteiger partial charge on any atom is 0.317 e. The smallest absolute Gasteiger partial charge is 0.317 e. The fourth-order valence-electron chi connectivity index (χ4n) is 5.14. The highest BCUT2D eigenvalue weighted by atomic mass is 32.5. The molecule has 0 spiro atoms. The monoisotopic (exact) mass is 696 g/mol. The largest absolute Gasteiger partial charge is 0.396 e. The number of alkyl halides is 2. The summed E-state index contributed by atoms with van der Waals surface area (Å²) in [7, 11) is -3.74. The Bertz CT molecular complexity index is 1870. The number of aliphatic hydroxyl groups is 1. The van der Waals surface area contributed by atoms with Crippen molar-refractivity contribution in [2.45, 2.75) is 55.2 Å². The quantitative estimate of drug-likeness (QED) is 0.0999. The van der Waals surface area contributed by atoms with Gasteiger partial charge in [-0.2, -0.15) is 14.3 Å². The van der Waals surface area contributed by atoms with Crippen LogP contribution in [0.4, 0.5) is 20.5 Å². The number of nitrogens with two attached hydrogens (primary N) is 2. The number of rotatable bonds is 10. The minimum absolute atomic E-state index is 0.0197. The van der Waals surface area contributed by atoms with Crippen molar-refractivity contribution in [2.24, 2.45) is 0 Å². The number of nitrogens with zero attached hydrogens (tertiary/aromatic N) is 9. The second kappa shape index (κ2) is 12.2. The van der Waals surface area contributed by atoms with Crippen molar-refractivity contribution in [2.75, 3.05) is 24.7 Å². The third-order valence-electron chi connectivity index (χ3n) is 7.13. The van der Waals surface area contributed by atoms with E-state index in [1.165, 1.54) is 0 Å². The normalized spacial score (nSPS) is 30.7. The van der Waals surface area contributed by atoms with E-state index in [1.807, 2.05) is 0 Å². The molecular formula is C19H24F2N12O9P2S. The number of hydrogen-bond acceptors (Lipinski definition) is 17. The molecular weight excluding hydrogens is 672 g/mol. The first kappa shape index (κ1) is 31.8. The van der Waals surface area contributed by atoms with Crippen LogP contribution < -0.4 is 17.0 Å². The van der Waals surface area contributed by atoms with Gasteiger partial charge in [-0.05, 0) is 18.2 Å². The summed E-state index contributed by atoms with van der Waals surface area (Å²) in [6.45, 7) is -5.62. The fraction of sp³-hybridized carbons (Fsp3) is 0.579. The summed E-state index contributed by atoms with van der Waals surface area (Å²) in [5, 5.41) is 24.6. The van der Waals surface area contributed by atoms with Crippen LogP contribution in [-0.4, -0.2) is 114 Å². The predicted molar refractivity (Wildman–Crippen MR) is 150 cm³/mol. The number of nitrogen functional groups attached to an aromatic ring is 2. The highest BCUT2D eigenvalue weighted by Gasteiger charge is 2.55. The van der Waals surface area contributed by atoms with Crippen molar-refractivity contribution in [3.8, 4) is 0 Å². The van der Waals surface area contributed by atoms with Crippen LogP contribution in [0.2, 0.25) is 0 Å². The third-order valence-corrected chi connectivity index (χ3v) is 10.5. The minimum atomic E-state index is -4.36. The van der Waals surface area contributed by atoms with Crippen LogP contribution in [-0.2, 0) is 34.9 Å². The average molecular weight is 696 g/mol. The summed E-state index contributed by atoms with van der Waals surface area (Å²) in [5.74, 6) is -0.365. The molecule has 2 fully saturated rings. The summed E-state index contributed by atoms with van der Waals surface area (Å²) >= 11 is 5.35. The molecule has 0 radical (unpaired) electrons. The Morgan fingerprint density at radius 1 is 1.09 bits per heavy atom. The van der Waals surface area contributed by atoms with Gasteiger partial charge >= 0.3 is 8.25 Å². The van der Waals surface area contributed by atoms with Gasteiger partial charge in [0, 0.05) is 6.61 Å². The standard InChI is InChI=1S/C19H24F2N12O9P2S/c20-7-5(1-2-34)40-18(33-15-10(29-31-33)16(35)27-19(23)26-15)12(7)44(38,45)39-3-6-11(42-43(36)37)8(21)17(41-6)32-14-9(28-30-32)13(22)24-4-25-14/h4-8,11-12,17-18,34,43H,1-3H2,(H,36,37)(H,38,45)(H2,22,24,25)(H3,23,26,27,35)/t5-,6-,7+,8+,11-,12-,17-,18-,44?/m1/s1. The van der Waals surface area contributed by atoms with Gasteiger partial charge in [0.25, 0.3) is 5.56 Å². The van der Waals surface area contributed by atoms with E-state index in [-0.39, 0.29) is 40.5 Å². The van der Waals surface area contributed by atoms with E-state index in [4.69, 9.17) is 41.8 Å². The van der Waals surface area contributed by atoms with Crippen LogP contribution >= 0.6 is 14.7 Å². The van der Waals surface area contributed by atoms with Gasteiger partial charge < -0.3 is 44.9 Å². The maximum absolute atomic E-state index is 15.9. The number of hydrogen-bond donors (Lipinski definition) is 6. The molecule has 6 rings (SSSR count). The number of aromatic nitrogens is 10. The van der Waals surface area contributed by atoms with E-state index in [9.17, 15) is 24.3 Å². The first-order chi connectivity index (χ1) is 21.4. The number of halogens is 2. The molecule has 6 heterocycles. The topological polar surface area (TPSA) is 300 Å². The van der Waals surface area contributed by atoms with Crippen LogP contribution in [0.5, 0.6) is 0 Å². The number of anilines is 2. The van der Waals surface area contributed by atoms with Gasteiger partial charge in [0.05, 0.1) is 12.7 Å². The molecule has 0 aromatic carbocycles. The molecule has 8 N–H and O–H groups in total. The lowest BCUT2D eigenvalue weighted by Crippen LogP contribution is -2.34. The zero-order chi connectivity index (χ0) is 32.2. The lowest BCUT2D eigenvalue weighted by molar-refractivity contribution is -0.0458. The van der Waals surface area contributed by atoms with Crippen molar-refractivity contribution >= 4 is 60.6 Å². The molecule has 0 bridgehead atoms. The zero-order valence-electron chi connectivity index (χ0n) is 22.4. The molecule has 4 aromatic heterocycles. The number of aliphatic hydroxyl groups excluding tert-OH is 1. The van der Waals surface area contributed by atoms with E-state index >= 15 is 8.78 Å². The van der Waals surface area contributed by atoms with Crippen molar-refractivity contribution in [1.29, 1.82) is 0 Å². The van der Waals surface area contributed by atoms with Gasteiger partial charge in [-0.15, -0.1) is 10.2 Å². The summed E-state index contributed by atoms with van der Waals surface area (Å²) in [6, 6.07) is 0. The number of fused-ring (bicyclic) bond motifs is 2. The first-order valence-electron chi connectivity index (χ1n) is 12.9. The summed E-state index contributed by atoms with van der Waals surface area (Å²) in [4.78, 5) is 47.1. The van der Waals surface area contributed by atoms with E-state index in [2.05, 4.69) is 40.6 Å². The van der Waals surface area contributed by atoms with Gasteiger partial charge in [-0.3, -0.25) is 14.3 Å². The number of aromatic amines is 1. The van der Waals surface area contributed by atoms with Crippen LogP contribution in [0.25, 0.3) is 22.3 Å². The number of nitrogens with one attached hydrogen (secondary N) is 1. The summed E-state index contributed by atoms with van der Waals surface area (Å²) < 4.78 is 67.0. The van der Waals surface area contributed by atoms with Gasteiger partial charge in [0.1, 0.15) is 30.4 Å². The molecule has 0 saturated carbocycles. The first-order valence-corrected chi connectivity index (χ1v) is 16.9. The SMILES string of the molecule is Nc1nc2c(nnn2[C@@H]2O[C@H](CCO)[C@H](F)[C@H]2P(O)(=S)OC[C@H]2O[C@@H](n3nnc4c(N)ncnc43)[C@@H](F)[C@@H]2O[PH](=O)O)c(=O)[nH]1. The predicted octanol–water partition coefficient (Wildman–Crippen LogP) is -1.78. The molecule has 2 saturated heterocycles. The average Bonchev–Trinajstić information content (AvgIpc) is 3.73. The Morgan fingerprint density at radius 2 is 1.78 bits per heavy atom. The second-order valence-electron chi connectivity index (χ2n) is 9.85. The second-order valence-corrected chi connectivity index (χ2v) is 14.2. The van der Waals surface area contributed by atoms with Crippen molar-refractivity contribution in [3.05, 3.63) is 16.7 Å². The van der Waals surface area contributed by atoms with Crippen LogP contribution in [0.3, 0.4) is 0 Å². The molecule has 2 aliphatic rings. The van der Waals surface area contributed by atoms with Crippen LogP contribution in [0, 0.1) is 0 Å². The fourth-order valence-corrected chi connectivity index (χ4v) is 8.10. The molecule has 4 aromatic rings. The molecule has 0 aliphatic carbocycles. The zero-order valence-corrected chi connectivity index (χ0v) is 25.1. The van der Waals surface area contributed by atoms with Crippen molar-refractivity contribution in [1.82, 2.24) is 49.9 Å². The molecule has 26 heteroatoms. The van der Waals surface area contributed by atoms with Gasteiger partial charge in [0.15, 0.2) is 53.3 Å². The molecule has 45 heavy (non-hydrogen) atoms. The van der Waals surface area contributed by atoms with E-state index in [0.29, 0.717) is 0 Å². The summed E-state index contributed by atoms with van der Waals surface area (Å²) in [6.07, 6.45) is -11.1. The van der Waals surface area contributed by atoms with Gasteiger partial charge in [-0.25, -0.2) is 18.7 Å². The highest BCUT2D eigenvalue weighted by Crippen LogP contribution is 2.59. The maximum atomic E-state index is 15.9.